The fourth-order valence-corrected chi connectivity index (χ4v) is 4.51. The zero-order valence-electron chi connectivity index (χ0n) is 16.8. The van der Waals surface area contributed by atoms with Crippen molar-refractivity contribution in [2.45, 2.75) is 39.3 Å². The molecular weight excluding hydrogens is 368 g/mol. The molecule has 1 aliphatic rings. The molecule has 1 fully saturated rings. The summed E-state index contributed by atoms with van der Waals surface area (Å²) in [4.78, 5) is 14.8. The maximum atomic E-state index is 6.45. The molecule has 0 radical (unpaired) electrons. The minimum absolute atomic E-state index is 0.487. The molecule has 2 atom stereocenters. The van der Waals surface area contributed by atoms with E-state index in [2.05, 4.69) is 48.8 Å². The van der Waals surface area contributed by atoms with Gasteiger partial charge in [0.05, 0.1) is 10.5 Å². The van der Waals surface area contributed by atoms with Crippen molar-refractivity contribution in [3.63, 3.8) is 0 Å². The van der Waals surface area contributed by atoms with Crippen LogP contribution >= 0.6 is 11.6 Å². The number of hydrogen-bond acceptors (Lipinski definition) is 4. The molecule has 2 heterocycles. The highest BCUT2D eigenvalue weighted by Gasteiger charge is 2.30. The molecule has 28 heavy (non-hydrogen) atoms. The van der Waals surface area contributed by atoms with Crippen LogP contribution in [0.2, 0.25) is 5.02 Å². The average molecular weight is 395 g/mol. The third-order valence-corrected chi connectivity index (χ3v) is 5.91. The lowest BCUT2D eigenvalue weighted by molar-refractivity contribution is 0.132. The maximum Gasteiger partial charge on any atom is 0.163 e. The van der Waals surface area contributed by atoms with Crippen LogP contribution in [0, 0.1) is 0 Å². The molecule has 1 saturated heterocycles. The Morgan fingerprint density at radius 1 is 0.964 bits per heavy atom. The molecule has 0 N–H and O–H groups in total. The van der Waals surface area contributed by atoms with Crippen molar-refractivity contribution in [3.8, 4) is 11.4 Å². The largest absolute Gasteiger partial charge is 0.353 e. The van der Waals surface area contributed by atoms with Crippen molar-refractivity contribution in [2.75, 3.05) is 24.5 Å². The second-order valence-electron chi connectivity index (χ2n) is 7.71. The molecule has 146 valence electrons. The van der Waals surface area contributed by atoms with Crippen LogP contribution < -0.4 is 4.90 Å². The summed E-state index contributed by atoms with van der Waals surface area (Å²) >= 11 is 6.45. The Kier molecular flexibility index (Phi) is 5.51. The molecule has 1 aromatic heterocycles. The predicted molar refractivity (Wildman–Crippen MR) is 118 cm³/mol. The van der Waals surface area contributed by atoms with Crippen molar-refractivity contribution in [1.82, 2.24) is 14.9 Å². The van der Waals surface area contributed by atoms with Gasteiger partial charge in [-0.15, -0.1) is 0 Å². The Bertz CT molecular complexity index is 962. The van der Waals surface area contributed by atoms with Crippen LogP contribution in [0.15, 0.2) is 48.5 Å². The molecular formula is C23H27ClN4. The second-order valence-corrected chi connectivity index (χ2v) is 8.12. The monoisotopic (exact) mass is 394 g/mol. The highest BCUT2D eigenvalue weighted by molar-refractivity contribution is 6.33. The first-order chi connectivity index (χ1) is 13.6. The lowest BCUT2D eigenvalue weighted by atomic mass is 10.1. The van der Waals surface area contributed by atoms with Crippen molar-refractivity contribution < 1.29 is 0 Å². The van der Waals surface area contributed by atoms with E-state index in [-0.39, 0.29) is 0 Å². The molecule has 0 amide bonds. The Morgan fingerprint density at radius 2 is 1.64 bits per heavy atom. The number of anilines is 1. The zero-order chi connectivity index (χ0) is 19.7. The number of piperazine rings is 1. The van der Waals surface area contributed by atoms with E-state index in [9.17, 15) is 0 Å². The van der Waals surface area contributed by atoms with E-state index in [1.54, 1.807) is 0 Å². The lowest BCUT2D eigenvalue weighted by Crippen LogP contribution is -2.57. The summed E-state index contributed by atoms with van der Waals surface area (Å²) < 4.78 is 0. The first-order valence-corrected chi connectivity index (χ1v) is 10.5. The van der Waals surface area contributed by atoms with Gasteiger partial charge in [0.25, 0.3) is 0 Å². The van der Waals surface area contributed by atoms with E-state index < -0.39 is 0 Å². The van der Waals surface area contributed by atoms with Gasteiger partial charge in [-0.05, 0) is 51.1 Å². The highest BCUT2D eigenvalue weighted by atomic mass is 35.5. The molecule has 4 nitrogen and oxygen atoms in total. The SMILES string of the molecule is CCCN1C(C)CN(c2nc(-c3ccccc3Cl)nc3ccccc23)CC1C. The molecule has 0 spiro atoms. The van der Waals surface area contributed by atoms with Gasteiger partial charge in [0.2, 0.25) is 0 Å². The number of para-hydroxylation sites is 1. The predicted octanol–water partition coefficient (Wildman–Crippen LogP) is 5.26. The van der Waals surface area contributed by atoms with E-state index in [1.807, 2.05) is 30.3 Å². The molecule has 1 aliphatic heterocycles. The molecule has 0 bridgehead atoms. The van der Waals surface area contributed by atoms with Crippen molar-refractivity contribution in [3.05, 3.63) is 53.6 Å². The van der Waals surface area contributed by atoms with Crippen LogP contribution in [-0.2, 0) is 0 Å². The first-order valence-electron chi connectivity index (χ1n) is 10.1. The topological polar surface area (TPSA) is 32.3 Å². The Morgan fingerprint density at radius 3 is 2.36 bits per heavy atom. The first kappa shape index (κ1) is 19.2. The van der Waals surface area contributed by atoms with Crippen molar-refractivity contribution in [2.24, 2.45) is 0 Å². The van der Waals surface area contributed by atoms with Gasteiger partial charge < -0.3 is 4.90 Å². The zero-order valence-corrected chi connectivity index (χ0v) is 17.5. The van der Waals surface area contributed by atoms with Gasteiger partial charge in [-0.2, -0.15) is 0 Å². The van der Waals surface area contributed by atoms with E-state index in [1.165, 1.54) is 6.42 Å². The summed E-state index contributed by atoms with van der Waals surface area (Å²) in [5.41, 5.74) is 1.83. The Balaban J connectivity index is 1.79. The summed E-state index contributed by atoms with van der Waals surface area (Å²) in [5, 5.41) is 1.78. The molecule has 0 aliphatic carbocycles. The summed E-state index contributed by atoms with van der Waals surface area (Å²) in [6.07, 6.45) is 1.18. The van der Waals surface area contributed by atoms with Crippen LogP contribution in [0.3, 0.4) is 0 Å². The molecule has 3 aromatic rings. The third-order valence-electron chi connectivity index (χ3n) is 5.58. The number of fused-ring (bicyclic) bond motifs is 1. The molecule has 5 heteroatoms. The van der Waals surface area contributed by atoms with Crippen LogP contribution in [-0.4, -0.2) is 46.6 Å². The molecule has 2 aromatic carbocycles. The average Bonchev–Trinajstić information content (AvgIpc) is 2.70. The molecule has 2 unspecified atom stereocenters. The van der Waals surface area contributed by atoms with E-state index in [0.717, 1.165) is 41.9 Å². The Hall–Kier alpha value is -2.17. The summed E-state index contributed by atoms with van der Waals surface area (Å²) in [7, 11) is 0. The smallest absolute Gasteiger partial charge is 0.163 e. The van der Waals surface area contributed by atoms with Crippen LogP contribution in [0.25, 0.3) is 22.3 Å². The van der Waals surface area contributed by atoms with Gasteiger partial charge >= 0.3 is 0 Å². The van der Waals surface area contributed by atoms with Crippen molar-refractivity contribution >= 4 is 28.3 Å². The number of halogens is 1. The van der Waals surface area contributed by atoms with Gasteiger partial charge in [-0.3, -0.25) is 4.90 Å². The third kappa shape index (κ3) is 3.59. The molecule has 0 saturated carbocycles. The minimum Gasteiger partial charge on any atom is -0.353 e. The van der Waals surface area contributed by atoms with Crippen LogP contribution in [0.1, 0.15) is 27.2 Å². The summed E-state index contributed by atoms with van der Waals surface area (Å²) in [5.74, 6) is 1.70. The quantitative estimate of drug-likeness (QED) is 0.604. The number of benzene rings is 2. The number of hydrogen-bond donors (Lipinski definition) is 0. The van der Waals surface area contributed by atoms with Gasteiger partial charge in [0.1, 0.15) is 5.82 Å². The van der Waals surface area contributed by atoms with Gasteiger partial charge in [-0.25, -0.2) is 9.97 Å². The van der Waals surface area contributed by atoms with Gasteiger partial charge in [0.15, 0.2) is 5.82 Å². The van der Waals surface area contributed by atoms with E-state index >= 15 is 0 Å². The normalized spacial score (nSPS) is 20.6. The van der Waals surface area contributed by atoms with Crippen LogP contribution in [0.4, 0.5) is 5.82 Å². The van der Waals surface area contributed by atoms with Crippen LogP contribution in [0.5, 0.6) is 0 Å². The fraction of sp³-hybridized carbons (Fsp3) is 0.391. The Labute approximate surface area is 172 Å². The standard InChI is InChI=1S/C23H27ClN4/c1-4-13-28-16(2)14-27(15-17(28)3)23-19-10-6-8-12-21(19)25-22(26-23)18-9-5-7-11-20(18)24/h5-12,16-17H,4,13-15H2,1-3H3. The van der Waals surface area contributed by atoms with E-state index in [4.69, 9.17) is 21.6 Å². The number of aromatic nitrogens is 2. The summed E-state index contributed by atoms with van der Waals surface area (Å²) in [6, 6.07) is 17.0. The fourth-order valence-electron chi connectivity index (χ4n) is 4.29. The summed E-state index contributed by atoms with van der Waals surface area (Å²) in [6.45, 7) is 9.96. The number of rotatable bonds is 4. The second kappa shape index (κ2) is 8.06. The minimum atomic E-state index is 0.487. The number of nitrogens with zero attached hydrogens (tertiary/aromatic N) is 4. The lowest BCUT2D eigenvalue weighted by Gasteiger charge is -2.45. The molecule has 4 rings (SSSR count). The van der Waals surface area contributed by atoms with E-state index in [0.29, 0.717) is 22.9 Å². The van der Waals surface area contributed by atoms with Gasteiger partial charge in [-0.1, -0.05) is 42.8 Å². The van der Waals surface area contributed by atoms with Gasteiger partial charge in [0, 0.05) is 36.1 Å². The highest BCUT2D eigenvalue weighted by Crippen LogP contribution is 2.32. The maximum absolute atomic E-state index is 6.45. The van der Waals surface area contributed by atoms with Crippen molar-refractivity contribution in [1.29, 1.82) is 0 Å².